The summed E-state index contributed by atoms with van der Waals surface area (Å²) in [5, 5.41) is 8.89. The Labute approximate surface area is 120 Å². The van der Waals surface area contributed by atoms with Crippen LogP contribution < -0.4 is 10.0 Å². The number of hydrogen-bond acceptors (Lipinski definition) is 4. The van der Waals surface area contributed by atoms with Gasteiger partial charge in [-0.25, -0.2) is 8.78 Å². The van der Waals surface area contributed by atoms with E-state index in [-0.39, 0.29) is 10.7 Å². The standard InChI is InChI=1S/C12H14F2N4O2S/c1-2-15-6-8-7-16-17-12(8)21(19,20)18-11-4-9(13)3-10(14)5-11/h3-5,7,15,18H,2,6H2,1H3,(H,16,17). The lowest BCUT2D eigenvalue weighted by Gasteiger charge is -2.09. The van der Waals surface area contributed by atoms with Crippen LogP contribution in [0.25, 0.3) is 0 Å². The molecule has 0 fully saturated rings. The smallest absolute Gasteiger partial charge is 0.279 e. The number of aromatic nitrogens is 2. The average molecular weight is 316 g/mol. The fraction of sp³-hybridized carbons (Fsp3) is 0.250. The Balaban J connectivity index is 2.28. The summed E-state index contributed by atoms with van der Waals surface area (Å²) < 4.78 is 52.7. The van der Waals surface area contributed by atoms with E-state index in [0.29, 0.717) is 24.7 Å². The molecule has 0 aliphatic carbocycles. The lowest BCUT2D eigenvalue weighted by Crippen LogP contribution is -2.18. The predicted octanol–water partition coefficient (Wildman–Crippen LogP) is 1.60. The van der Waals surface area contributed by atoms with Crippen LogP contribution in [0.4, 0.5) is 14.5 Å². The Hall–Kier alpha value is -2.00. The number of sulfonamides is 1. The highest BCUT2D eigenvalue weighted by Gasteiger charge is 2.21. The maximum absolute atomic E-state index is 13.1. The van der Waals surface area contributed by atoms with Gasteiger partial charge in [-0.3, -0.25) is 9.82 Å². The van der Waals surface area contributed by atoms with Crippen LogP contribution in [0.1, 0.15) is 12.5 Å². The molecule has 0 bridgehead atoms. The number of anilines is 1. The molecule has 3 N–H and O–H groups in total. The maximum atomic E-state index is 13.1. The highest BCUT2D eigenvalue weighted by Crippen LogP contribution is 2.19. The third-order valence-electron chi connectivity index (χ3n) is 2.63. The van der Waals surface area contributed by atoms with E-state index in [9.17, 15) is 17.2 Å². The molecule has 1 heterocycles. The van der Waals surface area contributed by atoms with Crippen molar-refractivity contribution in [3.8, 4) is 0 Å². The Bertz CT molecular complexity index is 710. The summed E-state index contributed by atoms with van der Waals surface area (Å²) >= 11 is 0. The average Bonchev–Trinajstić information content (AvgIpc) is 2.83. The summed E-state index contributed by atoms with van der Waals surface area (Å²) in [6.07, 6.45) is 1.38. The molecular formula is C12H14F2N4O2S. The molecule has 2 rings (SSSR count). The van der Waals surface area contributed by atoms with Crippen LogP contribution in [0, 0.1) is 11.6 Å². The molecule has 0 spiro atoms. The first-order valence-corrected chi connectivity index (χ1v) is 7.62. The third-order valence-corrected chi connectivity index (χ3v) is 4.02. The minimum atomic E-state index is -4.01. The predicted molar refractivity (Wildman–Crippen MR) is 73.1 cm³/mol. The van der Waals surface area contributed by atoms with Crippen LogP contribution in [0.2, 0.25) is 0 Å². The van der Waals surface area contributed by atoms with Crippen molar-refractivity contribution in [2.75, 3.05) is 11.3 Å². The molecular weight excluding hydrogens is 302 g/mol. The summed E-state index contributed by atoms with van der Waals surface area (Å²) in [5.41, 5.74) is 0.234. The summed E-state index contributed by atoms with van der Waals surface area (Å²) in [6.45, 7) is 2.84. The first kappa shape index (κ1) is 15.4. The molecule has 9 heteroatoms. The van der Waals surface area contributed by atoms with E-state index in [1.54, 1.807) is 0 Å². The molecule has 0 atom stereocenters. The van der Waals surface area contributed by atoms with Gasteiger partial charge < -0.3 is 5.32 Å². The molecule has 0 saturated heterocycles. The molecule has 114 valence electrons. The first-order chi connectivity index (χ1) is 9.92. The van der Waals surface area contributed by atoms with Crippen molar-refractivity contribution in [2.45, 2.75) is 18.5 Å². The zero-order chi connectivity index (χ0) is 15.5. The van der Waals surface area contributed by atoms with Gasteiger partial charge in [-0.1, -0.05) is 6.92 Å². The number of nitrogens with one attached hydrogen (secondary N) is 3. The zero-order valence-corrected chi connectivity index (χ0v) is 12.0. The monoisotopic (exact) mass is 316 g/mol. The van der Waals surface area contributed by atoms with Crippen LogP contribution >= 0.6 is 0 Å². The van der Waals surface area contributed by atoms with Crippen molar-refractivity contribution >= 4 is 15.7 Å². The molecule has 0 radical (unpaired) electrons. The molecule has 6 nitrogen and oxygen atoms in total. The number of aromatic amines is 1. The van der Waals surface area contributed by atoms with Crippen molar-refractivity contribution in [3.63, 3.8) is 0 Å². The SMILES string of the molecule is CCNCc1cn[nH]c1S(=O)(=O)Nc1cc(F)cc(F)c1. The van der Waals surface area contributed by atoms with Gasteiger partial charge in [0.2, 0.25) is 0 Å². The van der Waals surface area contributed by atoms with Gasteiger partial charge in [0.15, 0.2) is 5.03 Å². The molecule has 0 aliphatic heterocycles. The number of hydrogen-bond donors (Lipinski definition) is 3. The lowest BCUT2D eigenvalue weighted by atomic mass is 10.3. The first-order valence-electron chi connectivity index (χ1n) is 6.14. The number of halogens is 2. The van der Waals surface area contributed by atoms with Gasteiger partial charge >= 0.3 is 0 Å². The largest absolute Gasteiger partial charge is 0.313 e. The second-order valence-corrected chi connectivity index (χ2v) is 5.89. The summed E-state index contributed by atoms with van der Waals surface area (Å²) in [4.78, 5) is 0. The van der Waals surface area contributed by atoms with Crippen molar-refractivity contribution in [3.05, 3.63) is 41.6 Å². The number of H-pyrrole nitrogens is 1. The fourth-order valence-corrected chi connectivity index (χ4v) is 2.91. The molecule has 2 aromatic rings. The van der Waals surface area contributed by atoms with Crippen LogP contribution in [0.5, 0.6) is 0 Å². The third kappa shape index (κ3) is 3.76. The number of benzene rings is 1. The van der Waals surface area contributed by atoms with E-state index < -0.39 is 21.7 Å². The van der Waals surface area contributed by atoms with Crippen molar-refractivity contribution < 1.29 is 17.2 Å². The normalized spacial score (nSPS) is 11.6. The van der Waals surface area contributed by atoms with Crippen LogP contribution in [-0.2, 0) is 16.6 Å². The highest BCUT2D eigenvalue weighted by atomic mass is 32.2. The van der Waals surface area contributed by atoms with Gasteiger partial charge in [0.25, 0.3) is 10.0 Å². The Morgan fingerprint density at radius 3 is 2.52 bits per heavy atom. The van der Waals surface area contributed by atoms with E-state index in [1.165, 1.54) is 6.20 Å². The van der Waals surface area contributed by atoms with Crippen molar-refractivity contribution in [1.82, 2.24) is 15.5 Å². The Morgan fingerprint density at radius 2 is 1.90 bits per heavy atom. The lowest BCUT2D eigenvalue weighted by molar-refractivity contribution is 0.583. The molecule has 0 aliphatic rings. The second kappa shape index (κ2) is 6.19. The molecule has 1 aromatic heterocycles. The van der Waals surface area contributed by atoms with Crippen molar-refractivity contribution in [2.24, 2.45) is 0 Å². The van der Waals surface area contributed by atoms with E-state index >= 15 is 0 Å². The quantitative estimate of drug-likeness (QED) is 0.755. The zero-order valence-electron chi connectivity index (χ0n) is 11.2. The van der Waals surface area contributed by atoms with Gasteiger partial charge in [-0.05, 0) is 18.7 Å². The molecule has 0 amide bonds. The Kier molecular flexibility index (Phi) is 4.53. The molecule has 0 saturated carbocycles. The number of rotatable bonds is 6. The summed E-state index contributed by atoms with van der Waals surface area (Å²) in [6, 6.07) is 2.44. The second-order valence-electron chi connectivity index (χ2n) is 4.27. The van der Waals surface area contributed by atoms with Crippen LogP contribution in [-0.4, -0.2) is 25.2 Å². The minimum Gasteiger partial charge on any atom is -0.313 e. The van der Waals surface area contributed by atoms with Crippen LogP contribution in [0.15, 0.2) is 29.4 Å². The van der Waals surface area contributed by atoms with Gasteiger partial charge in [0.05, 0.1) is 11.9 Å². The summed E-state index contributed by atoms with van der Waals surface area (Å²) in [5.74, 6) is -1.74. The van der Waals surface area contributed by atoms with Crippen LogP contribution in [0.3, 0.4) is 0 Å². The summed E-state index contributed by atoms with van der Waals surface area (Å²) in [7, 11) is -4.01. The van der Waals surface area contributed by atoms with E-state index in [1.807, 2.05) is 6.92 Å². The van der Waals surface area contributed by atoms with Gasteiger partial charge in [0, 0.05) is 18.2 Å². The van der Waals surface area contributed by atoms with E-state index in [0.717, 1.165) is 12.1 Å². The Morgan fingerprint density at radius 1 is 1.24 bits per heavy atom. The molecule has 21 heavy (non-hydrogen) atoms. The van der Waals surface area contributed by atoms with Gasteiger partial charge in [-0.15, -0.1) is 0 Å². The fourth-order valence-electron chi connectivity index (χ4n) is 1.74. The maximum Gasteiger partial charge on any atom is 0.279 e. The number of nitrogens with zero attached hydrogens (tertiary/aromatic N) is 1. The van der Waals surface area contributed by atoms with E-state index in [2.05, 4.69) is 20.2 Å². The van der Waals surface area contributed by atoms with Crippen molar-refractivity contribution in [1.29, 1.82) is 0 Å². The van der Waals surface area contributed by atoms with Gasteiger partial charge in [-0.2, -0.15) is 13.5 Å². The van der Waals surface area contributed by atoms with E-state index in [4.69, 9.17) is 0 Å². The minimum absolute atomic E-state index is 0.145. The molecule has 1 aromatic carbocycles. The topological polar surface area (TPSA) is 86.9 Å². The van der Waals surface area contributed by atoms with Gasteiger partial charge in [0.1, 0.15) is 11.6 Å². The highest BCUT2D eigenvalue weighted by molar-refractivity contribution is 7.92. The molecule has 0 unspecified atom stereocenters.